The standard InChI is InChI=1S/C42H53N5O17P4/c1-5-45(6-2)30-13-17-34-37(22-30)65(52,53)38-23-31(46(7-3)8-4)14-18-35(38)40(34)27-11-15-33(16-12-27)61-26-39(49)43-19-9-10-28-24-47(42(51)44-41(28)50)32-20-29(36(48)21-32)25-62-67(57,58)64-68(59,60)63-66(54,55)56/h9-18,22-24,29,32,36,48H,5-8,19-21,25-26H2,1-4H3,(H6-,43,44,49,50,51,52,53,54,55,56,57,58,59,60)/p+1/t29-,32-,36?/m1/s1. The molecule has 68 heavy (non-hydrogen) atoms. The van der Waals surface area contributed by atoms with E-state index in [4.69, 9.17) is 14.5 Å². The normalized spacial score (nSPS) is 22.0. The van der Waals surface area contributed by atoms with Crippen molar-refractivity contribution in [3.8, 4) is 5.75 Å². The van der Waals surface area contributed by atoms with Gasteiger partial charge in [0.1, 0.15) is 18.8 Å². The number of benzene rings is 2. The fraction of sp³-hybridized carbons (Fsp3) is 0.381. The molecule has 1 saturated carbocycles. The number of allylic oxidation sites excluding steroid dienone is 5. The number of nitrogens with zero attached hydrogens (tertiary/aromatic N) is 3. The van der Waals surface area contributed by atoms with Gasteiger partial charge in [-0.15, -0.1) is 0 Å². The molecule has 6 rings (SSSR count). The highest BCUT2D eigenvalue weighted by Crippen LogP contribution is 2.66. The number of aromatic amines is 1. The number of phosphoric ester groups is 1. The number of aliphatic hydroxyl groups is 1. The van der Waals surface area contributed by atoms with Crippen LogP contribution in [0, 0.1) is 5.92 Å². The average Bonchev–Trinajstić information content (AvgIpc) is 3.64. The number of hydrogen-bond donors (Lipinski definition) is 8. The highest BCUT2D eigenvalue weighted by atomic mass is 31.3. The lowest BCUT2D eigenvalue weighted by Gasteiger charge is -2.31. The lowest BCUT2D eigenvalue weighted by Crippen LogP contribution is -2.33. The molecule has 1 amide bonds. The predicted molar refractivity (Wildman–Crippen MR) is 252 cm³/mol. The predicted octanol–water partition coefficient (Wildman–Crippen LogP) is 3.90. The number of ether oxygens (including phenoxy) is 1. The molecule has 0 saturated heterocycles. The van der Waals surface area contributed by atoms with Crippen LogP contribution in [0.2, 0.25) is 0 Å². The molecule has 1 fully saturated rings. The summed E-state index contributed by atoms with van der Waals surface area (Å²) in [5.74, 6) is -1.04. The monoisotopic (exact) mass is 1020 g/mol. The minimum Gasteiger partial charge on any atom is -0.484 e. The number of nitrogens with one attached hydrogen (secondary N) is 2. The maximum Gasteiger partial charge on any atom is 0.490 e. The van der Waals surface area contributed by atoms with E-state index in [1.54, 1.807) is 12.1 Å². The van der Waals surface area contributed by atoms with Gasteiger partial charge in [0.2, 0.25) is 5.71 Å². The van der Waals surface area contributed by atoms with Gasteiger partial charge in [0.25, 0.3) is 18.8 Å². The topological polar surface area (TPSA) is 317 Å². The summed E-state index contributed by atoms with van der Waals surface area (Å²) in [6.07, 6.45) is 8.37. The van der Waals surface area contributed by atoms with Crippen molar-refractivity contribution in [2.45, 2.75) is 52.7 Å². The minimum atomic E-state index is -5.75. The van der Waals surface area contributed by atoms with E-state index in [2.05, 4.69) is 32.9 Å². The molecule has 0 bridgehead atoms. The Bertz CT molecular complexity index is 2890. The molecule has 0 spiro atoms. The van der Waals surface area contributed by atoms with E-state index < -0.39 is 72.7 Å². The highest BCUT2D eigenvalue weighted by molar-refractivity contribution is 7.71. The van der Waals surface area contributed by atoms with E-state index in [1.807, 2.05) is 76.3 Å². The number of anilines is 1. The first kappa shape index (κ1) is 52.7. The Hall–Kier alpha value is -4.62. The van der Waals surface area contributed by atoms with Gasteiger partial charge in [-0.3, -0.25) is 28.2 Å². The van der Waals surface area contributed by atoms with E-state index in [0.717, 1.165) is 53.3 Å². The Labute approximate surface area is 390 Å². The van der Waals surface area contributed by atoms with E-state index in [9.17, 15) is 52.4 Å². The van der Waals surface area contributed by atoms with Crippen molar-refractivity contribution in [1.29, 1.82) is 0 Å². The third-order valence-corrected chi connectivity index (χ3v) is 17.4. The van der Waals surface area contributed by atoms with Crippen LogP contribution in [0.25, 0.3) is 11.6 Å². The van der Waals surface area contributed by atoms with Crippen molar-refractivity contribution in [2.75, 3.05) is 50.8 Å². The third kappa shape index (κ3) is 12.6. The second-order valence-electron chi connectivity index (χ2n) is 15.8. The number of aliphatic hydroxyl groups excluding tert-OH is 1. The summed E-state index contributed by atoms with van der Waals surface area (Å²) in [7, 11) is -20.8. The molecule has 4 unspecified atom stereocenters. The number of amides is 1. The van der Waals surface area contributed by atoms with E-state index in [-0.39, 0.29) is 31.6 Å². The summed E-state index contributed by atoms with van der Waals surface area (Å²) in [4.78, 5) is 90.9. The van der Waals surface area contributed by atoms with Gasteiger partial charge in [-0.25, -0.2) is 23.1 Å². The molecule has 368 valence electrons. The molecule has 26 heteroatoms. The number of H-pyrrole nitrogens is 1. The van der Waals surface area contributed by atoms with Crippen molar-refractivity contribution in [2.24, 2.45) is 5.92 Å². The van der Waals surface area contributed by atoms with Crippen molar-refractivity contribution < 1.29 is 75.1 Å². The van der Waals surface area contributed by atoms with Crippen LogP contribution in [0.4, 0.5) is 5.69 Å². The second kappa shape index (κ2) is 21.6. The lowest BCUT2D eigenvalue weighted by molar-refractivity contribution is -0.519. The molecule has 2 aliphatic carbocycles. The van der Waals surface area contributed by atoms with Crippen molar-refractivity contribution in [1.82, 2.24) is 14.9 Å². The fourth-order valence-corrected chi connectivity index (χ4v) is 13.2. The van der Waals surface area contributed by atoms with Gasteiger partial charge in [0, 0.05) is 55.6 Å². The van der Waals surface area contributed by atoms with Crippen LogP contribution < -0.4 is 31.5 Å². The van der Waals surface area contributed by atoms with Crippen LogP contribution in [0.3, 0.4) is 0 Å². The zero-order chi connectivity index (χ0) is 49.8. The molecule has 2 heterocycles. The Morgan fingerprint density at radius 1 is 0.971 bits per heavy atom. The number of fused-ring (bicyclic) bond motifs is 2. The van der Waals surface area contributed by atoms with Crippen LogP contribution >= 0.6 is 30.8 Å². The van der Waals surface area contributed by atoms with Gasteiger partial charge in [-0.2, -0.15) is 8.62 Å². The number of rotatable bonds is 20. The molecule has 1 aliphatic heterocycles. The van der Waals surface area contributed by atoms with Crippen LogP contribution in [-0.2, 0) is 36.2 Å². The lowest BCUT2D eigenvalue weighted by atomic mass is 9.89. The number of carbonyl (C=O) groups excluding carboxylic acids is 1. The van der Waals surface area contributed by atoms with E-state index >= 15 is 0 Å². The Kier molecular flexibility index (Phi) is 16.7. The van der Waals surface area contributed by atoms with Crippen LogP contribution in [0.15, 0.2) is 93.4 Å². The molecule has 3 aliphatic rings. The summed E-state index contributed by atoms with van der Waals surface area (Å²) in [5, 5.41) is 13.9. The first-order valence-electron chi connectivity index (χ1n) is 21.5. The van der Waals surface area contributed by atoms with Crippen LogP contribution in [-0.4, -0.2) is 107 Å². The van der Waals surface area contributed by atoms with E-state index in [0.29, 0.717) is 27.5 Å². The minimum absolute atomic E-state index is 0.0120. The van der Waals surface area contributed by atoms with Gasteiger partial charge in [0.05, 0.1) is 28.9 Å². The average molecular weight is 1020 g/mol. The molecule has 6 atom stereocenters. The highest BCUT2D eigenvalue weighted by Gasteiger charge is 2.43. The number of phosphoric acid groups is 3. The first-order chi connectivity index (χ1) is 32.0. The van der Waals surface area contributed by atoms with Crippen molar-refractivity contribution in [3.63, 3.8) is 0 Å². The maximum atomic E-state index is 14.5. The van der Waals surface area contributed by atoms with Gasteiger partial charge in [-0.1, -0.05) is 30.4 Å². The molecule has 8 N–H and O–H groups in total. The van der Waals surface area contributed by atoms with E-state index in [1.165, 1.54) is 18.3 Å². The molecule has 22 nitrogen and oxygen atoms in total. The van der Waals surface area contributed by atoms with Gasteiger partial charge in [-0.05, 0) is 93.2 Å². The van der Waals surface area contributed by atoms with Gasteiger partial charge < -0.3 is 44.5 Å². The summed E-state index contributed by atoms with van der Waals surface area (Å²) >= 11 is 0. The summed E-state index contributed by atoms with van der Waals surface area (Å²) in [6.45, 7) is 9.89. The maximum absolute atomic E-state index is 14.5. The SMILES string of the molecule is CCN(CC)c1ccc2c(c1)P(=O)(O)C1=CC(=[N+](CC)CC)C=CC1=C2c1ccc(OCC(=O)NCC=Cc2cn([C@H]3CC(O)[C@@H](COP(=O)(O)OP(=O)(O)OP(=O)(O)O)C3)c(=O)[nH]c2=O)cc1. The molecular weight excluding hydrogens is 970 g/mol. The second-order valence-corrected chi connectivity index (χ2v) is 22.3. The fourth-order valence-electron chi connectivity index (χ4n) is 8.26. The summed E-state index contributed by atoms with van der Waals surface area (Å²) in [5.41, 5.74) is 3.00. The first-order valence-corrected chi connectivity index (χ1v) is 27.7. The number of aromatic nitrogens is 2. The zero-order valence-electron chi connectivity index (χ0n) is 37.4. The zero-order valence-corrected chi connectivity index (χ0v) is 41.0. The Morgan fingerprint density at radius 2 is 1.66 bits per heavy atom. The number of carbonyl (C=O) groups is 1. The number of hydrogen-bond acceptors (Lipinski definition) is 13. The van der Waals surface area contributed by atoms with Gasteiger partial charge >= 0.3 is 29.2 Å². The summed E-state index contributed by atoms with van der Waals surface area (Å²) in [6, 6.07) is 12.0. The van der Waals surface area contributed by atoms with Crippen LogP contribution in [0.1, 0.15) is 63.3 Å². The smallest absolute Gasteiger partial charge is 0.484 e. The molecule has 1 aromatic heterocycles. The summed E-state index contributed by atoms with van der Waals surface area (Å²) < 4.78 is 70.2. The quantitative estimate of drug-likeness (QED) is 0.0588. The van der Waals surface area contributed by atoms with Crippen LogP contribution in [0.5, 0.6) is 5.75 Å². The van der Waals surface area contributed by atoms with Gasteiger partial charge in [0.15, 0.2) is 6.61 Å². The molecule has 2 aromatic carbocycles. The molecule has 0 radical (unpaired) electrons. The molecular formula is C42H54N5O17P4+. The Balaban J connectivity index is 1.08. The largest absolute Gasteiger partial charge is 0.490 e. The van der Waals surface area contributed by atoms with Crippen molar-refractivity contribution in [3.05, 3.63) is 121 Å². The Morgan fingerprint density at radius 3 is 2.31 bits per heavy atom. The molecule has 3 aromatic rings. The van der Waals surface area contributed by atoms with Crippen molar-refractivity contribution >= 4 is 65.1 Å². The third-order valence-electron chi connectivity index (χ3n) is 11.5.